The van der Waals surface area contributed by atoms with Crippen LogP contribution in [0.1, 0.15) is 11.3 Å². The number of fused-ring (bicyclic) bond motifs is 1. The third-order valence-corrected chi connectivity index (χ3v) is 4.22. The first-order valence-corrected chi connectivity index (χ1v) is 8.77. The van der Waals surface area contributed by atoms with E-state index >= 15 is 0 Å². The summed E-state index contributed by atoms with van der Waals surface area (Å²) in [7, 11) is 1.23. The van der Waals surface area contributed by atoms with Gasteiger partial charge in [0.05, 0.1) is 35.2 Å². The van der Waals surface area contributed by atoms with Crippen LogP contribution in [0.25, 0.3) is 11.0 Å². The number of carbonyl (C=O) groups excluding carboxylic acids is 2. The molecule has 3 aromatic rings. The van der Waals surface area contributed by atoms with Gasteiger partial charge in [-0.15, -0.1) is 0 Å². The van der Waals surface area contributed by atoms with Crippen LogP contribution in [-0.4, -0.2) is 39.9 Å². The van der Waals surface area contributed by atoms with Gasteiger partial charge in [-0.25, -0.2) is 9.78 Å². The number of hydrogen-bond donors (Lipinski definition) is 1. The molecule has 0 radical (unpaired) electrons. The van der Waals surface area contributed by atoms with Gasteiger partial charge >= 0.3 is 5.97 Å². The second-order valence-corrected chi connectivity index (χ2v) is 6.30. The average molecular weight is 394 g/mol. The smallest absolute Gasteiger partial charge is 0.328 e. The number of nitro groups is 1. The van der Waals surface area contributed by atoms with E-state index in [4.69, 9.17) is 4.74 Å². The van der Waals surface area contributed by atoms with Crippen molar-refractivity contribution in [2.24, 2.45) is 0 Å². The van der Waals surface area contributed by atoms with Crippen molar-refractivity contribution in [2.45, 2.75) is 18.9 Å². The molecule has 3 rings (SSSR count). The van der Waals surface area contributed by atoms with Crippen LogP contribution in [0.3, 0.4) is 0 Å². The largest absolute Gasteiger partial charge is 0.467 e. The summed E-state index contributed by atoms with van der Waals surface area (Å²) in [5.74, 6) is -1.08. The highest BCUT2D eigenvalue weighted by molar-refractivity contribution is 5.86. The van der Waals surface area contributed by atoms with E-state index in [9.17, 15) is 19.7 Å². The van der Waals surface area contributed by atoms with E-state index in [0.717, 1.165) is 5.52 Å². The SMILES string of the molecule is COC(=O)[C@H](Cc1cnc2ccccc2n1)NC(=O)Cc1cccc([N+](=O)[O-])c1. The lowest BCUT2D eigenvalue weighted by molar-refractivity contribution is -0.384. The zero-order valence-corrected chi connectivity index (χ0v) is 15.6. The topological polar surface area (TPSA) is 124 Å². The number of aromatic nitrogens is 2. The fourth-order valence-electron chi connectivity index (χ4n) is 2.85. The quantitative estimate of drug-likeness (QED) is 0.369. The Morgan fingerprint density at radius 3 is 2.66 bits per heavy atom. The van der Waals surface area contributed by atoms with Gasteiger partial charge in [-0.3, -0.25) is 19.9 Å². The zero-order chi connectivity index (χ0) is 20.8. The Bertz CT molecular complexity index is 1070. The molecule has 0 saturated carbocycles. The van der Waals surface area contributed by atoms with E-state index < -0.39 is 22.8 Å². The molecule has 0 fully saturated rings. The molecule has 2 aromatic carbocycles. The maximum atomic E-state index is 12.4. The number of methoxy groups -OCH3 is 1. The number of esters is 1. The molecule has 1 amide bonds. The fraction of sp³-hybridized carbons (Fsp3) is 0.200. The van der Waals surface area contributed by atoms with Crippen LogP contribution in [0.2, 0.25) is 0 Å². The Hall–Kier alpha value is -3.88. The Morgan fingerprint density at radius 1 is 1.17 bits per heavy atom. The number of hydrogen-bond acceptors (Lipinski definition) is 7. The summed E-state index contributed by atoms with van der Waals surface area (Å²) in [6.45, 7) is 0. The molecule has 0 saturated heterocycles. The molecule has 1 atom stereocenters. The van der Waals surface area contributed by atoms with E-state index in [1.54, 1.807) is 18.3 Å². The van der Waals surface area contributed by atoms with Crippen LogP contribution in [-0.2, 0) is 27.2 Å². The summed E-state index contributed by atoms with van der Waals surface area (Å²) >= 11 is 0. The van der Waals surface area contributed by atoms with Gasteiger partial charge in [0.2, 0.25) is 5.91 Å². The molecular formula is C20H18N4O5. The molecule has 29 heavy (non-hydrogen) atoms. The number of para-hydroxylation sites is 2. The van der Waals surface area contributed by atoms with Crippen LogP contribution >= 0.6 is 0 Å². The van der Waals surface area contributed by atoms with Crippen LogP contribution in [0.4, 0.5) is 5.69 Å². The molecule has 9 heteroatoms. The van der Waals surface area contributed by atoms with Gasteiger partial charge in [-0.2, -0.15) is 0 Å². The van der Waals surface area contributed by atoms with Crippen molar-refractivity contribution in [3.05, 3.63) is 76.1 Å². The number of amides is 1. The number of carbonyl (C=O) groups is 2. The summed E-state index contributed by atoms with van der Waals surface area (Å²) in [6.07, 6.45) is 1.54. The normalized spacial score (nSPS) is 11.6. The van der Waals surface area contributed by atoms with Crippen molar-refractivity contribution in [2.75, 3.05) is 7.11 Å². The molecule has 0 bridgehead atoms. The summed E-state index contributed by atoms with van der Waals surface area (Å²) in [5, 5.41) is 13.5. The van der Waals surface area contributed by atoms with Gasteiger partial charge in [0.1, 0.15) is 6.04 Å². The Kier molecular flexibility index (Phi) is 6.08. The monoisotopic (exact) mass is 394 g/mol. The van der Waals surface area contributed by atoms with E-state index in [1.165, 1.54) is 25.3 Å². The average Bonchev–Trinajstić information content (AvgIpc) is 2.72. The maximum Gasteiger partial charge on any atom is 0.328 e. The number of nitrogens with zero attached hydrogens (tertiary/aromatic N) is 3. The molecule has 0 spiro atoms. The molecule has 1 heterocycles. The van der Waals surface area contributed by atoms with E-state index in [0.29, 0.717) is 16.8 Å². The third-order valence-electron chi connectivity index (χ3n) is 4.22. The van der Waals surface area contributed by atoms with E-state index in [2.05, 4.69) is 15.3 Å². The lowest BCUT2D eigenvalue weighted by Gasteiger charge is -2.16. The maximum absolute atomic E-state index is 12.4. The van der Waals surface area contributed by atoms with Gasteiger partial charge in [0.25, 0.3) is 5.69 Å². The molecule has 1 N–H and O–H groups in total. The number of benzene rings is 2. The molecule has 148 valence electrons. The van der Waals surface area contributed by atoms with Crippen LogP contribution < -0.4 is 5.32 Å². The zero-order valence-electron chi connectivity index (χ0n) is 15.6. The van der Waals surface area contributed by atoms with Crippen molar-refractivity contribution < 1.29 is 19.2 Å². The van der Waals surface area contributed by atoms with Crippen molar-refractivity contribution in [3.8, 4) is 0 Å². The lowest BCUT2D eigenvalue weighted by Crippen LogP contribution is -2.43. The van der Waals surface area contributed by atoms with Crippen molar-refractivity contribution in [1.29, 1.82) is 0 Å². The molecule has 0 aliphatic rings. The summed E-state index contributed by atoms with van der Waals surface area (Å²) in [5.41, 5.74) is 2.28. The summed E-state index contributed by atoms with van der Waals surface area (Å²) in [6, 6.07) is 12.1. The highest BCUT2D eigenvalue weighted by atomic mass is 16.6. The van der Waals surface area contributed by atoms with Gasteiger partial charge < -0.3 is 10.1 Å². The summed E-state index contributed by atoms with van der Waals surface area (Å²) in [4.78, 5) is 43.6. The lowest BCUT2D eigenvalue weighted by atomic mass is 10.1. The van der Waals surface area contributed by atoms with Crippen molar-refractivity contribution in [1.82, 2.24) is 15.3 Å². The molecule has 9 nitrogen and oxygen atoms in total. The second kappa shape index (κ2) is 8.87. The standard InChI is InChI=1S/C20H18N4O5/c1-29-20(26)18(11-14-12-21-16-7-2-3-8-17(16)22-14)23-19(25)10-13-5-4-6-15(9-13)24(27)28/h2-9,12,18H,10-11H2,1H3,(H,23,25)/t18-/m0/s1. The first kappa shape index (κ1) is 19.9. The van der Waals surface area contributed by atoms with E-state index in [1.807, 2.05) is 18.2 Å². The molecular weight excluding hydrogens is 376 g/mol. The minimum absolute atomic E-state index is 0.102. The predicted octanol–water partition coefficient (Wildman–Crippen LogP) is 1.98. The number of non-ortho nitro benzene ring substituents is 1. The van der Waals surface area contributed by atoms with Gasteiger partial charge in [-0.05, 0) is 17.7 Å². The van der Waals surface area contributed by atoms with Gasteiger partial charge in [0.15, 0.2) is 0 Å². The first-order chi connectivity index (χ1) is 14.0. The van der Waals surface area contributed by atoms with Crippen LogP contribution in [0, 0.1) is 10.1 Å². The highest BCUT2D eigenvalue weighted by Crippen LogP contribution is 2.14. The number of ether oxygens (including phenoxy) is 1. The molecule has 0 aliphatic carbocycles. The summed E-state index contributed by atoms with van der Waals surface area (Å²) < 4.78 is 4.78. The van der Waals surface area contributed by atoms with Gasteiger partial charge in [-0.1, -0.05) is 24.3 Å². The Morgan fingerprint density at radius 2 is 1.93 bits per heavy atom. The van der Waals surface area contributed by atoms with E-state index in [-0.39, 0.29) is 18.5 Å². The number of nitro benzene ring substituents is 1. The number of rotatable bonds is 7. The minimum atomic E-state index is -0.957. The minimum Gasteiger partial charge on any atom is -0.467 e. The molecule has 1 aromatic heterocycles. The van der Waals surface area contributed by atoms with Gasteiger partial charge in [0, 0.05) is 24.8 Å². The van der Waals surface area contributed by atoms with Crippen molar-refractivity contribution >= 4 is 28.6 Å². The highest BCUT2D eigenvalue weighted by Gasteiger charge is 2.23. The van der Waals surface area contributed by atoms with Crippen LogP contribution in [0.15, 0.2) is 54.7 Å². The second-order valence-electron chi connectivity index (χ2n) is 6.30. The molecule has 0 unspecified atom stereocenters. The number of nitrogens with one attached hydrogen (secondary N) is 1. The predicted molar refractivity (Wildman–Crippen MR) is 104 cm³/mol. The molecule has 0 aliphatic heterocycles. The van der Waals surface area contributed by atoms with Crippen molar-refractivity contribution in [3.63, 3.8) is 0 Å². The Labute approximate surface area is 165 Å². The fourth-order valence-corrected chi connectivity index (χ4v) is 2.85. The first-order valence-electron chi connectivity index (χ1n) is 8.77. The Balaban J connectivity index is 1.72. The van der Waals surface area contributed by atoms with Crippen LogP contribution in [0.5, 0.6) is 0 Å². The third kappa shape index (κ3) is 5.10.